The molecule has 0 N–H and O–H groups in total. The minimum Gasteiger partial charge on any atom is -0.463 e. The predicted molar refractivity (Wildman–Crippen MR) is 80.5 cm³/mol. The molecule has 0 aliphatic rings. The highest BCUT2D eigenvalue weighted by molar-refractivity contribution is 5.72. The van der Waals surface area contributed by atoms with Crippen molar-refractivity contribution in [3.05, 3.63) is 35.9 Å². The van der Waals surface area contributed by atoms with E-state index in [9.17, 15) is 4.79 Å². The normalized spacial score (nSPS) is 14.1. The van der Waals surface area contributed by atoms with Crippen LogP contribution >= 0.6 is 0 Å². The monoisotopic (exact) mass is 278 g/mol. The van der Waals surface area contributed by atoms with Crippen LogP contribution < -0.4 is 0 Å². The van der Waals surface area contributed by atoms with Crippen molar-refractivity contribution in [2.45, 2.75) is 39.7 Å². The van der Waals surface area contributed by atoms with Crippen LogP contribution in [0.15, 0.2) is 30.3 Å². The average molecular weight is 278 g/mol. The van der Waals surface area contributed by atoms with Gasteiger partial charge in [-0.25, -0.2) is 0 Å². The molecule has 0 bridgehead atoms. The van der Waals surface area contributed by atoms with Gasteiger partial charge in [0.1, 0.15) is 6.61 Å². The molecule has 20 heavy (non-hydrogen) atoms. The van der Waals surface area contributed by atoms with Gasteiger partial charge in [-0.3, -0.25) is 4.79 Å². The minimum absolute atomic E-state index is 0.0112. The third kappa shape index (κ3) is 6.20. The third-order valence-corrected chi connectivity index (χ3v) is 3.27. The number of ether oxygens (including phenoxy) is 2. The lowest BCUT2D eigenvalue weighted by atomic mass is 10.0. The van der Waals surface area contributed by atoms with Gasteiger partial charge in [-0.15, -0.1) is 0 Å². The van der Waals surface area contributed by atoms with Gasteiger partial charge in [-0.1, -0.05) is 51.1 Å². The van der Waals surface area contributed by atoms with E-state index in [-0.39, 0.29) is 18.0 Å². The van der Waals surface area contributed by atoms with Crippen molar-refractivity contribution in [2.75, 3.05) is 13.7 Å². The summed E-state index contributed by atoms with van der Waals surface area (Å²) in [6.45, 7) is 6.50. The molecule has 0 aromatic heterocycles. The topological polar surface area (TPSA) is 35.5 Å². The van der Waals surface area contributed by atoms with Crippen LogP contribution in [0.3, 0.4) is 0 Å². The molecule has 0 spiro atoms. The molecule has 2 atom stereocenters. The summed E-state index contributed by atoms with van der Waals surface area (Å²) in [5.74, 6) is 0.244. The summed E-state index contributed by atoms with van der Waals surface area (Å²) in [5.41, 5.74) is 1.16. The van der Waals surface area contributed by atoms with E-state index < -0.39 is 0 Å². The second kappa shape index (κ2) is 8.75. The number of methoxy groups -OCH3 is 1. The second-order valence-electron chi connectivity index (χ2n) is 5.71. The number of esters is 1. The maximum absolute atomic E-state index is 12.0. The van der Waals surface area contributed by atoms with Gasteiger partial charge in [0.2, 0.25) is 0 Å². The van der Waals surface area contributed by atoms with Crippen LogP contribution in [-0.2, 0) is 20.7 Å². The Kier molecular flexibility index (Phi) is 7.31. The Morgan fingerprint density at radius 2 is 1.80 bits per heavy atom. The van der Waals surface area contributed by atoms with Crippen molar-refractivity contribution in [2.24, 2.45) is 11.8 Å². The fraction of sp³-hybridized carbons (Fsp3) is 0.588. The van der Waals surface area contributed by atoms with Crippen molar-refractivity contribution in [1.82, 2.24) is 0 Å². The lowest BCUT2D eigenvalue weighted by Gasteiger charge is -2.19. The number of rotatable bonds is 8. The number of hydrogen-bond acceptors (Lipinski definition) is 3. The maximum Gasteiger partial charge on any atom is 0.309 e. The number of hydrogen-bond donors (Lipinski definition) is 0. The van der Waals surface area contributed by atoms with E-state index in [1.807, 2.05) is 37.3 Å². The zero-order valence-corrected chi connectivity index (χ0v) is 13.0. The molecule has 3 nitrogen and oxygen atoms in total. The first-order valence-corrected chi connectivity index (χ1v) is 7.26. The van der Waals surface area contributed by atoms with Crippen LogP contribution in [0.5, 0.6) is 0 Å². The largest absolute Gasteiger partial charge is 0.463 e. The van der Waals surface area contributed by atoms with Gasteiger partial charge in [0.25, 0.3) is 0 Å². The molecule has 0 saturated carbocycles. The molecule has 0 heterocycles. The molecule has 1 aromatic rings. The Hall–Kier alpha value is -1.35. The molecule has 0 fully saturated rings. The molecular weight excluding hydrogens is 252 g/mol. The molecule has 0 aliphatic carbocycles. The maximum atomic E-state index is 12.0. The zero-order valence-electron chi connectivity index (χ0n) is 13.0. The van der Waals surface area contributed by atoms with E-state index in [1.54, 1.807) is 7.11 Å². The van der Waals surface area contributed by atoms with Crippen LogP contribution in [0.1, 0.15) is 32.8 Å². The molecule has 0 unspecified atom stereocenters. The molecule has 0 radical (unpaired) electrons. The second-order valence-corrected chi connectivity index (χ2v) is 5.71. The quantitative estimate of drug-likeness (QED) is 0.683. The first-order valence-electron chi connectivity index (χ1n) is 7.26. The molecule has 0 aliphatic heterocycles. The molecular formula is C17H26O3. The van der Waals surface area contributed by atoms with Crippen LogP contribution in [0.4, 0.5) is 0 Å². The SMILES string of the molecule is CO[C@H](COC(=O)[C@@H](C)Cc1ccccc1)CC(C)C. The van der Waals surface area contributed by atoms with E-state index in [1.165, 1.54) is 0 Å². The number of benzene rings is 1. The summed E-state index contributed by atoms with van der Waals surface area (Å²) in [6.07, 6.45) is 1.60. The predicted octanol–water partition coefficient (Wildman–Crippen LogP) is 3.47. The fourth-order valence-electron chi connectivity index (χ4n) is 2.13. The summed E-state index contributed by atoms with van der Waals surface area (Å²) in [7, 11) is 1.66. The summed E-state index contributed by atoms with van der Waals surface area (Å²) in [6, 6.07) is 10.00. The fourth-order valence-corrected chi connectivity index (χ4v) is 2.13. The van der Waals surface area contributed by atoms with E-state index in [2.05, 4.69) is 13.8 Å². The lowest BCUT2D eigenvalue weighted by Crippen LogP contribution is -2.25. The van der Waals surface area contributed by atoms with Crippen LogP contribution in [-0.4, -0.2) is 25.8 Å². The van der Waals surface area contributed by atoms with Crippen molar-refractivity contribution < 1.29 is 14.3 Å². The summed E-state index contributed by atoms with van der Waals surface area (Å²) in [4.78, 5) is 12.0. The van der Waals surface area contributed by atoms with Gasteiger partial charge in [0.05, 0.1) is 12.0 Å². The minimum atomic E-state index is -0.153. The van der Waals surface area contributed by atoms with Crippen molar-refractivity contribution in [3.63, 3.8) is 0 Å². The van der Waals surface area contributed by atoms with E-state index in [0.717, 1.165) is 12.0 Å². The third-order valence-electron chi connectivity index (χ3n) is 3.27. The summed E-state index contributed by atoms with van der Waals surface area (Å²) >= 11 is 0. The van der Waals surface area contributed by atoms with Crippen molar-refractivity contribution in [3.8, 4) is 0 Å². The standard InChI is InChI=1S/C17H26O3/c1-13(2)10-16(19-4)12-20-17(18)14(3)11-15-8-6-5-7-9-15/h5-9,13-14,16H,10-12H2,1-4H3/t14-,16-/m0/s1. The number of carbonyl (C=O) groups is 1. The summed E-state index contributed by atoms with van der Waals surface area (Å²) < 4.78 is 10.7. The first-order chi connectivity index (χ1) is 9.52. The Bertz CT molecular complexity index is 386. The highest BCUT2D eigenvalue weighted by Crippen LogP contribution is 2.12. The molecule has 1 aromatic carbocycles. The average Bonchev–Trinajstić information content (AvgIpc) is 2.43. The highest BCUT2D eigenvalue weighted by atomic mass is 16.6. The van der Waals surface area contributed by atoms with Gasteiger partial charge < -0.3 is 9.47 Å². The van der Waals surface area contributed by atoms with Crippen molar-refractivity contribution in [1.29, 1.82) is 0 Å². The molecule has 0 amide bonds. The van der Waals surface area contributed by atoms with Crippen LogP contribution in [0.25, 0.3) is 0 Å². The molecule has 1 rings (SSSR count). The van der Waals surface area contributed by atoms with E-state index >= 15 is 0 Å². The Balaban J connectivity index is 2.38. The van der Waals surface area contributed by atoms with Gasteiger partial charge in [0.15, 0.2) is 0 Å². The highest BCUT2D eigenvalue weighted by Gasteiger charge is 2.18. The van der Waals surface area contributed by atoms with Gasteiger partial charge in [0, 0.05) is 7.11 Å². The Labute approximate surface area is 122 Å². The van der Waals surface area contributed by atoms with Crippen LogP contribution in [0.2, 0.25) is 0 Å². The Morgan fingerprint density at radius 3 is 2.35 bits per heavy atom. The molecule has 0 saturated heterocycles. The van der Waals surface area contributed by atoms with Crippen LogP contribution in [0, 0.1) is 11.8 Å². The lowest BCUT2D eigenvalue weighted by molar-refractivity contribution is -0.151. The van der Waals surface area contributed by atoms with Crippen molar-refractivity contribution >= 4 is 5.97 Å². The van der Waals surface area contributed by atoms with E-state index in [4.69, 9.17) is 9.47 Å². The first kappa shape index (κ1) is 16.7. The van der Waals surface area contributed by atoms with Gasteiger partial charge >= 0.3 is 5.97 Å². The smallest absolute Gasteiger partial charge is 0.309 e. The van der Waals surface area contributed by atoms with E-state index in [0.29, 0.717) is 18.9 Å². The van der Waals surface area contributed by atoms with Gasteiger partial charge in [-0.2, -0.15) is 0 Å². The Morgan fingerprint density at radius 1 is 1.15 bits per heavy atom. The van der Waals surface area contributed by atoms with Gasteiger partial charge in [-0.05, 0) is 24.3 Å². The number of carbonyl (C=O) groups excluding carboxylic acids is 1. The molecule has 112 valence electrons. The summed E-state index contributed by atoms with van der Waals surface area (Å²) in [5, 5.41) is 0. The zero-order chi connectivity index (χ0) is 15.0. The molecule has 3 heteroatoms.